The number of carbonyl (C=O) groups is 2. The molecule has 144 valence electrons. The lowest BCUT2D eigenvalue weighted by Crippen LogP contribution is -2.47. The van der Waals surface area contributed by atoms with E-state index in [-0.39, 0.29) is 23.0 Å². The van der Waals surface area contributed by atoms with Crippen LogP contribution < -0.4 is 10.6 Å². The van der Waals surface area contributed by atoms with E-state index in [2.05, 4.69) is 20.8 Å². The Morgan fingerprint density at radius 2 is 1.89 bits per heavy atom. The molecule has 0 unspecified atom stereocenters. The number of nitrogens with one attached hydrogen (secondary N) is 2. The summed E-state index contributed by atoms with van der Waals surface area (Å²) in [4.78, 5) is 24.2. The number of amides is 3. The van der Waals surface area contributed by atoms with Crippen molar-refractivity contribution in [2.75, 3.05) is 0 Å². The highest BCUT2D eigenvalue weighted by atomic mass is 32.2. The van der Waals surface area contributed by atoms with Crippen LogP contribution in [0.15, 0.2) is 33.9 Å². The van der Waals surface area contributed by atoms with Crippen molar-refractivity contribution in [3.8, 4) is 11.5 Å². The summed E-state index contributed by atoms with van der Waals surface area (Å²) in [6.45, 7) is 1.65. The Bertz CT molecular complexity index is 790. The number of nitrogens with zero attached hydrogens (tertiary/aromatic N) is 2. The van der Waals surface area contributed by atoms with Gasteiger partial charge in [0.15, 0.2) is 0 Å². The van der Waals surface area contributed by atoms with Gasteiger partial charge in [-0.15, -0.1) is 10.2 Å². The maximum absolute atomic E-state index is 13.0. The topological polar surface area (TPSA) is 97.1 Å². The second-order valence-corrected chi connectivity index (χ2v) is 7.73. The van der Waals surface area contributed by atoms with Crippen molar-refractivity contribution in [1.82, 2.24) is 20.8 Å². The molecule has 0 bridgehead atoms. The second-order valence-electron chi connectivity index (χ2n) is 6.44. The molecule has 3 amide bonds. The molecule has 2 aromatic rings. The number of rotatable bonds is 5. The molecule has 1 aliphatic carbocycles. The lowest BCUT2D eigenvalue weighted by molar-refractivity contribution is -0.119. The Hall–Kier alpha value is -2.42. The number of urea groups is 1. The third-order valence-electron chi connectivity index (χ3n) is 4.32. The lowest BCUT2D eigenvalue weighted by atomic mass is 9.96. The van der Waals surface area contributed by atoms with E-state index in [0.717, 1.165) is 37.4 Å². The average Bonchev–Trinajstić information content (AvgIpc) is 3.11. The minimum atomic E-state index is -0.594. The van der Waals surface area contributed by atoms with Crippen LogP contribution in [0.1, 0.15) is 39.0 Å². The maximum atomic E-state index is 13.0. The van der Waals surface area contributed by atoms with E-state index in [0.29, 0.717) is 5.56 Å². The van der Waals surface area contributed by atoms with E-state index in [4.69, 9.17) is 4.42 Å². The van der Waals surface area contributed by atoms with Gasteiger partial charge < -0.3 is 9.73 Å². The van der Waals surface area contributed by atoms with Crippen LogP contribution in [0, 0.1) is 5.82 Å². The van der Waals surface area contributed by atoms with Gasteiger partial charge in [-0.1, -0.05) is 31.0 Å². The van der Waals surface area contributed by atoms with E-state index in [1.807, 2.05) is 0 Å². The molecule has 1 aromatic carbocycles. The minimum absolute atomic E-state index is 0.128. The largest absolute Gasteiger partial charge is 0.411 e. The fourth-order valence-corrected chi connectivity index (χ4v) is 3.54. The standard InChI is InChI=1S/C18H21FN4O3S/c1-11(15(24)21-17(25)20-14-5-3-2-4-6-14)27-18-23-22-16(26-18)12-7-9-13(19)10-8-12/h7-11,14H,2-6H2,1H3,(H2,20,21,24,25)/t11-/m0/s1. The smallest absolute Gasteiger partial charge is 0.321 e. The highest BCUT2D eigenvalue weighted by Gasteiger charge is 2.22. The van der Waals surface area contributed by atoms with Crippen molar-refractivity contribution in [2.24, 2.45) is 0 Å². The molecule has 2 N–H and O–H groups in total. The molecule has 1 heterocycles. The highest BCUT2D eigenvalue weighted by Crippen LogP contribution is 2.26. The first-order valence-electron chi connectivity index (χ1n) is 8.89. The van der Waals surface area contributed by atoms with Crippen LogP contribution in [0.3, 0.4) is 0 Å². The van der Waals surface area contributed by atoms with Crippen LogP contribution in [0.5, 0.6) is 0 Å². The van der Waals surface area contributed by atoms with Crippen molar-refractivity contribution in [3.05, 3.63) is 30.1 Å². The number of imide groups is 1. The first-order chi connectivity index (χ1) is 13.0. The van der Waals surface area contributed by atoms with Crippen LogP contribution in [0.2, 0.25) is 0 Å². The Kier molecular flexibility index (Phi) is 6.44. The molecule has 0 saturated heterocycles. The predicted molar refractivity (Wildman–Crippen MR) is 98.6 cm³/mol. The average molecular weight is 392 g/mol. The molecule has 1 atom stereocenters. The van der Waals surface area contributed by atoms with Crippen LogP contribution in [0.4, 0.5) is 9.18 Å². The number of halogens is 1. The van der Waals surface area contributed by atoms with Gasteiger partial charge in [0.25, 0.3) is 5.22 Å². The SMILES string of the molecule is C[C@H](Sc1nnc(-c2ccc(F)cc2)o1)C(=O)NC(=O)NC1CCCCC1. The Morgan fingerprint density at radius 1 is 1.19 bits per heavy atom. The Morgan fingerprint density at radius 3 is 2.59 bits per heavy atom. The van der Waals surface area contributed by atoms with Gasteiger partial charge in [0, 0.05) is 11.6 Å². The molecule has 27 heavy (non-hydrogen) atoms. The molecular formula is C18H21FN4O3S. The summed E-state index contributed by atoms with van der Waals surface area (Å²) in [6.07, 6.45) is 5.27. The van der Waals surface area contributed by atoms with Gasteiger partial charge in [-0.2, -0.15) is 0 Å². The number of hydrogen-bond donors (Lipinski definition) is 2. The number of thioether (sulfide) groups is 1. The molecule has 9 heteroatoms. The Balaban J connectivity index is 1.50. The molecule has 3 rings (SSSR count). The van der Waals surface area contributed by atoms with E-state index in [1.54, 1.807) is 6.92 Å². The van der Waals surface area contributed by atoms with Crippen LogP contribution in [-0.4, -0.2) is 33.4 Å². The van der Waals surface area contributed by atoms with Crippen molar-refractivity contribution >= 4 is 23.7 Å². The minimum Gasteiger partial charge on any atom is -0.411 e. The zero-order valence-electron chi connectivity index (χ0n) is 14.9. The molecule has 1 fully saturated rings. The summed E-state index contributed by atoms with van der Waals surface area (Å²) >= 11 is 1.05. The third kappa shape index (κ3) is 5.53. The van der Waals surface area contributed by atoms with E-state index in [1.165, 1.54) is 30.7 Å². The van der Waals surface area contributed by atoms with Crippen molar-refractivity contribution in [2.45, 2.75) is 55.5 Å². The normalized spacial score (nSPS) is 15.9. The van der Waals surface area contributed by atoms with E-state index in [9.17, 15) is 14.0 Å². The molecule has 0 aliphatic heterocycles. The molecule has 1 saturated carbocycles. The molecule has 1 aromatic heterocycles. The summed E-state index contributed by atoms with van der Waals surface area (Å²) < 4.78 is 18.5. The van der Waals surface area contributed by atoms with Gasteiger partial charge in [0.05, 0.1) is 5.25 Å². The summed E-state index contributed by atoms with van der Waals surface area (Å²) in [6, 6.07) is 5.31. The van der Waals surface area contributed by atoms with Gasteiger partial charge in [-0.05, 0) is 44.0 Å². The molecule has 0 spiro atoms. The summed E-state index contributed by atoms with van der Waals surface area (Å²) in [5.74, 6) is -0.556. The van der Waals surface area contributed by atoms with Crippen LogP contribution >= 0.6 is 11.8 Å². The van der Waals surface area contributed by atoms with E-state index >= 15 is 0 Å². The lowest BCUT2D eigenvalue weighted by Gasteiger charge is -2.22. The van der Waals surface area contributed by atoms with Crippen molar-refractivity contribution < 1.29 is 18.4 Å². The molecule has 0 radical (unpaired) electrons. The first kappa shape index (κ1) is 19.3. The summed E-state index contributed by atoms with van der Waals surface area (Å²) in [5.41, 5.74) is 0.583. The first-order valence-corrected chi connectivity index (χ1v) is 9.76. The molecule has 1 aliphatic rings. The van der Waals surface area contributed by atoms with Gasteiger partial charge in [-0.3, -0.25) is 10.1 Å². The summed E-state index contributed by atoms with van der Waals surface area (Å²) in [7, 11) is 0. The van der Waals surface area contributed by atoms with Gasteiger partial charge in [0.2, 0.25) is 11.8 Å². The zero-order valence-corrected chi connectivity index (χ0v) is 15.7. The molecular weight excluding hydrogens is 371 g/mol. The van der Waals surface area contributed by atoms with E-state index < -0.39 is 17.2 Å². The van der Waals surface area contributed by atoms with Crippen LogP contribution in [-0.2, 0) is 4.79 Å². The highest BCUT2D eigenvalue weighted by molar-refractivity contribution is 8.00. The third-order valence-corrected chi connectivity index (χ3v) is 5.26. The predicted octanol–water partition coefficient (Wildman–Crippen LogP) is 3.51. The monoisotopic (exact) mass is 392 g/mol. The maximum Gasteiger partial charge on any atom is 0.321 e. The fourth-order valence-electron chi connectivity index (χ4n) is 2.85. The number of hydrogen-bond acceptors (Lipinski definition) is 6. The number of benzene rings is 1. The number of carbonyl (C=O) groups excluding carboxylic acids is 2. The van der Waals surface area contributed by atoms with Gasteiger partial charge >= 0.3 is 6.03 Å². The van der Waals surface area contributed by atoms with Gasteiger partial charge in [-0.25, -0.2) is 9.18 Å². The Labute approximate surface area is 160 Å². The van der Waals surface area contributed by atoms with Gasteiger partial charge in [0.1, 0.15) is 5.82 Å². The zero-order chi connectivity index (χ0) is 19.2. The fraction of sp³-hybridized carbons (Fsp3) is 0.444. The quantitative estimate of drug-likeness (QED) is 0.756. The molecule has 7 nitrogen and oxygen atoms in total. The number of aromatic nitrogens is 2. The van der Waals surface area contributed by atoms with Crippen molar-refractivity contribution in [3.63, 3.8) is 0 Å². The van der Waals surface area contributed by atoms with Crippen molar-refractivity contribution in [1.29, 1.82) is 0 Å². The second kappa shape index (κ2) is 8.98. The van der Waals surface area contributed by atoms with Crippen LogP contribution in [0.25, 0.3) is 11.5 Å². The summed E-state index contributed by atoms with van der Waals surface area (Å²) in [5, 5.41) is 12.6.